The van der Waals surface area contributed by atoms with Gasteiger partial charge in [-0.15, -0.1) is 0 Å². The minimum Gasteiger partial charge on any atom is -0.489 e. The van der Waals surface area contributed by atoms with Crippen LogP contribution in [0.4, 0.5) is 13.2 Å². The smallest absolute Gasteiger partial charge is 0.416 e. The molecule has 0 spiro atoms. The van der Waals surface area contributed by atoms with Gasteiger partial charge in [-0.2, -0.15) is 24.1 Å². The monoisotopic (exact) mass is 436 g/mol. The summed E-state index contributed by atoms with van der Waals surface area (Å²) in [6, 6.07) is 30.2. The molecule has 5 heteroatoms. The van der Waals surface area contributed by atoms with Crippen LogP contribution in [0.2, 0.25) is 0 Å². The number of alkyl halides is 3. The molecule has 0 N–H and O–H groups in total. The summed E-state index contributed by atoms with van der Waals surface area (Å²) in [5.74, 6) is 0.694. The lowest BCUT2D eigenvalue weighted by Gasteiger charge is -2.19. The molecule has 0 amide bonds. The van der Waals surface area contributed by atoms with Crippen LogP contribution in [-0.2, 0) is 12.8 Å². The van der Waals surface area contributed by atoms with Gasteiger partial charge in [0.1, 0.15) is 12.4 Å². The van der Waals surface area contributed by atoms with Gasteiger partial charge in [0.05, 0.1) is 5.56 Å². The van der Waals surface area contributed by atoms with Crippen LogP contribution in [0.25, 0.3) is 11.1 Å². The third kappa shape index (κ3) is 3.81. The predicted octanol–water partition coefficient (Wildman–Crippen LogP) is 7.74. The first-order valence-electron chi connectivity index (χ1n) is 9.88. The highest BCUT2D eigenvalue weighted by Gasteiger charge is 2.30. The molecule has 1 heterocycles. The number of hydrogen-bond donors (Lipinski definition) is 1. The quantitative estimate of drug-likeness (QED) is 0.284. The Kier molecular flexibility index (Phi) is 4.98. The second-order valence-electron chi connectivity index (χ2n) is 7.35. The molecule has 4 aromatic carbocycles. The van der Waals surface area contributed by atoms with E-state index in [1.54, 1.807) is 0 Å². The van der Waals surface area contributed by atoms with Crippen LogP contribution in [0.1, 0.15) is 11.1 Å². The molecule has 1 aliphatic heterocycles. The fraction of sp³-hybridized carbons (Fsp3) is 0.0769. The van der Waals surface area contributed by atoms with Crippen LogP contribution in [0, 0.1) is 0 Å². The summed E-state index contributed by atoms with van der Waals surface area (Å²) < 4.78 is 43.9. The van der Waals surface area contributed by atoms with Gasteiger partial charge in [-0.25, -0.2) is 0 Å². The Morgan fingerprint density at radius 1 is 0.645 bits per heavy atom. The van der Waals surface area contributed by atoms with Crippen molar-refractivity contribution in [3.63, 3.8) is 0 Å². The van der Waals surface area contributed by atoms with E-state index in [0.29, 0.717) is 11.3 Å². The highest BCUT2D eigenvalue weighted by atomic mass is 32.2. The topological polar surface area (TPSA) is 9.23 Å². The Balaban J connectivity index is 1.34. The molecule has 0 aliphatic carbocycles. The maximum Gasteiger partial charge on any atom is 0.416 e. The first kappa shape index (κ1) is 19.8. The van der Waals surface area contributed by atoms with E-state index >= 15 is 0 Å². The van der Waals surface area contributed by atoms with Gasteiger partial charge in [-0.3, -0.25) is 0 Å². The normalized spacial score (nSPS) is 13.6. The molecule has 4 aromatic rings. The van der Waals surface area contributed by atoms with E-state index in [4.69, 9.17) is 4.74 Å². The van der Waals surface area contributed by atoms with Gasteiger partial charge in [0.25, 0.3) is 0 Å². The van der Waals surface area contributed by atoms with E-state index in [9.17, 15) is 13.2 Å². The SMILES string of the molecule is FC(F)(F)c1ccc(COc2ccc([SH]3c4ccccc4-c4ccccc43)cc2)cc1. The number of fused-ring (bicyclic) bond motifs is 3. The third-order valence-corrected chi connectivity index (χ3v) is 7.92. The lowest BCUT2D eigenvalue weighted by atomic mass is 10.1. The Bertz CT molecular complexity index is 1170. The van der Waals surface area contributed by atoms with Crippen molar-refractivity contribution in [2.45, 2.75) is 27.5 Å². The molecule has 1 nitrogen and oxygen atoms in total. The van der Waals surface area contributed by atoms with E-state index in [-0.39, 0.29) is 6.61 Å². The summed E-state index contributed by atoms with van der Waals surface area (Å²) in [5, 5.41) is 0. The first-order valence-corrected chi connectivity index (χ1v) is 11.2. The van der Waals surface area contributed by atoms with Crippen molar-refractivity contribution in [2.75, 3.05) is 0 Å². The molecule has 0 saturated heterocycles. The summed E-state index contributed by atoms with van der Waals surface area (Å²) in [7, 11) is -0.614. The summed E-state index contributed by atoms with van der Waals surface area (Å²) >= 11 is 0. The lowest BCUT2D eigenvalue weighted by Crippen LogP contribution is -2.05. The lowest BCUT2D eigenvalue weighted by molar-refractivity contribution is -0.137. The maximum absolute atomic E-state index is 12.7. The molecule has 0 unspecified atom stereocenters. The molecule has 5 rings (SSSR count). The number of halogens is 3. The van der Waals surface area contributed by atoms with Crippen LogP contribution in [0.15, 0.2) is 112 Å². The van der Waals surface area contributed by atoms with Gasteiger partial charge in [-0.05, 0) is 70.1 Å². The van der Waals surface area contributed by atoms with Crippen molar-refractivity contribution in [2.24, 2.45) is 0 Å². The zero-order valence-corrected chi connectivity index (χ0v) is 17.3. The standard InChI is InChI=1S/C26H19F3OS/c27-26(28,29)19-11-9-18(10-12-19)17-30-20-13-15-21(16-14-20)31-24-7-3-1-5-22(24)23-6-2-4-8-25(23)31/h1-16,31H,17H2. The Labute approximate surface area is 181 Å². The predicted molar refractivity (Wildman–Crippen MR) is 118 cm³/mol. The average Bonchev–Trinajstić information content (AvgIpc) is 3.12. The molecule has 31 heavy (non-hydrogen) atoms. The van der Waals surface area contributed by atoms with Gasteiger partial charge in [-0.1, -0.05) is 48.5 Å². The van der Waals surface area contributed by atoms with Gasteiger partial charge in [0.15, 0.2) is 0 Å². The molecule has 156 valence electrons. The first-order chi connectivity index (χ1) is 15.0. The van der Waals surface area contributed by atoms with Crippen LogP contribution in [0.5, 0.6) is 5.75 Å². The van der Waals surface area contributed by atoms with Crippen LogP contribution < -0.4 is 4.74 Å². The molecule has 1 aliphatic rings. The summed E-state index contributed by atoms with van der Waals surface area (Å²) in [4.78, 5) is 3.96. The third-order valence-electron chi connectivity index (χ3n) is 5.36. The van der Waals surface area contributed by atoms with Gasteiger partial charge in [0, 0.05) is 9.79 Å². The number of ether oxygens (including phenoxy) is 1. The van der Waals surface area contributed by atoms with E-state index in [0.717, 1.165) is 12.1 Å². The Morgan fingerprint density at radius 3 is 1.74 bits per heavy atom. The van der Waals surface area contributed by atoms with E-state index in [1.165, 1.54) is 37.9 Å². The number of hydrogen-bond acceptors (Lipinski definition) is 1. The zero-order valence-electron chi connectivity index (χ0n) is 16.4. The van der Waals surface area contributed by atoms with Gasteiger partial charge in [0.2, 0.25) is 0 Å². The van der Waals surface area contributed by atoms with Crippen molar-refractivity contribution in [3.05, 3.63) is 108 Å². The van der Waals surface area contributed by atoms with Gasteiger partial charge < -0.3 is 4.74 Å². The molecule has 0 aromatic heterocycles. The number of benzene rings is 4. The Hall–Kier alpha value is -3.18. The highest BCUT2D eigenvalue weighted by Crippen LogP contribution is 2.62. The van der Waals surface area contributed by atoms with E-state index in [1.807, 2.05) is 12.1 Å². The van der Waals surface area contributed by atoms with Crippen LogP contribution in [0.3, 0.4) is 0 Å². The highest BCUT2D eigenvalue weighted by molar-refractivity contribution is 8.17. The van der Waals surface area contributed by atoms with Crippen molar-refractivity contribution in [1.82, 2.24) is 0 Å². The molecular weight excluding hydrogens is 417 g/mol. The Morgan fingerprint density at radius 2 is 1.19 bits per heavy atom. The van der Waals surface area contributed by atoms with Crippen molar-refractivity contribution in [3.8, 4) is 16.9 Å². The maximum atomic E-state index is 12.7. The number of rotatable bonds is 4. The summed E-state index contributed by atoms with van der Waals surface area (Å²) in [6.45, 7) is 0.220. The minimum absolute atomic E-state index is 0.220. The molecule has 0 radical (unpaired) electrons. The molecule has 0 saturated carbocycles. The van der Waals surface area contributed by atoms with Gasteiger partial charge >= 0.3 is 6.18 Å². The second-order valence-corrected chi connectivity index (χ2v) is 9.50. The molecule has 0 atom stereocenters. The summed E-state index contributed by atoms with van der Waals surface area (Å²) in [5.41, 5.74) is 2.64. The van der Waals surface area contributed by atoms with Crippen molar-refractivity contribution in [1.29, 1.82) is 0 Å². The molecule has 0 bridgehead atoms. The summed E-state index contributed by atoms with van der Waals surface area (Å²) in [6.07, 6.45) is -4.32. The van der Waals surface area contributed by atoms with Crippen molar-refractivity contribution < 1.29 is 17.9 Å². The zero-order chi connectivity index (χ0) is 21.4. The molecular formula is C26H19F3OS. The van der Waals surface area contributed by atoms with Crippen LogP contribution in [-0.4, -0.2) is 0 Å². The number of thiol groups is 1. The average molecular weight is 436 g/mol. The fourth-order valence-electron chi connectivity index (χ4n) is 3.85. The minimum atomic E-state index is -4.32. The largest absolute Gasteiger partial charge is 0.489 e. The fourth-order valence-corrected chi connectivity index (χ4v) is 6.45. The van der Waals surface area contributed by atoms with Crippen molar-refractivity contribution >= 4 is 10.9 Å². The van der Waals surface area contributed by atoms with Crippen LogP contribution >= 0.6 is 10.9 Å². The van der Waals surface area contributed by atoms with E-state index < -0.39 is 22.6 Å². The molecule has 0 fully saturated rings. The second kappa shape index (κ2) is 7.82. The van der Waals surface area contributed by atoms with E-state index in [2.05, 4.69) is 60.7 Å².